The molecule has 2 aliphatic rings. The lowest BCUT2D eigenvalue weighted by atomic mass is 9.92. The van der Waals surface area contributed by atoms with E-state index < -0.39 is 18.1 Å². The molecular weight excluding hydrogens is 432 g/mol. The maximum Gasteiger partial charge on any atom is 0.407 e. The van der Waals surface area contributed by atoms with Crippen LogP contribution < -0.4 is 5.32 Å². The molecule has 34 heavy (non-hydrogen) atoms. The number of rotatable bonds is 8. The van der Waals surface area contributed by atoms with Crippen LogP contribution in [0.15, 0.2) is 48.5 Å². The molecule has 4 rings (SSSR count). The number of benzene rings is 2. The maximum atomic E-state index is 13.0. The van der Waals surface area contributed by atoms with Crippen molar-refractivity contribution in [3.05, 3.63) is 59.7 Å². The SMILES string of the molecule is CC[C@H](NC(=O)OCC1c2ccccc2-c2ccccc21)C(=O)N1CCC(CCC(=O)O)CC1. The molecule has 0 bridgehead atoms. The van der Waals surface area contributed by atoms with Gasteiger partial charge in [-0.3, -0.25) is 9.59 Å². The standard InChI is InChI=1S/C27H32N2O5/c1-2-24(26(32)29-15-13-18(14-16-29)11-12-25(30)31)28-27(33)34-17-23-21-9-5-3-7-19(21)20-8-4-6-10-22(20)23/h3-10,18,23-24H,2,11-17H2,1H3,(H,28,33)(H,30,31)/t24-/m0/s1. The fourth-order valence-electron chi connectivity index (χ4n) is 5.11. The molecule has 2 aromatic rings. The van der Waals surface area contributed by atoms with Crippen LogP contribution in [0.25, 0.3) is 11.1 Å². The van der Waals surface area contributed by atoms with E-state index in [4.69, 9.17) is 9.84 Å². The highest BCUT2D eigenvalue weighted by Crippen LogP contribution is 2.44. The highest BCUT2D eigenvalue weighted by Gasteiger charge is 2.31. The highest BCUT2D eigenvalue weighted by atomic mass is 16.5. The first-order valence-electron chi connectivity index (χ1n) is 12.1. The van der Waals surface area contributed by atoms with Gasteiger partial charge in [0, 0.05) is 25.4 Å². The summed E-state index contributed by atoms with van der Waals surface area (Å²) in [5, 5.41) is 11.6. The van der Waals surface area contributed by atoms with Gasteiger partial charge in [0.05, 0.1) is 0 Å². The predicted octanol–water partition coefficient (Wildman–Crippen LogP) is 4.41. The van der Waals surface area contributed by atoms with Gasteiger partial charge in [0.15, 0.2) is 0 Å². The minimum absolute atomic E-state index is 0.0289. The minimum atomic E-state index is -0.781. The number of hydrogen-bond donors (Lipinski definition) is 2. The summed E-state index contributed by atoms with van der Waals surface area (Å²) in [5.41, 5.74) is 4.62. The van der Waals surface area contributed by atoms with Gasteiger partial charge in [-0.05, 0) is 53.9 Å². The van der Waals surface area contributed by atoms with Crippen molar-refractivity contribution in [3.63, 3.8) is 0 Å². The Balaban J connectivity index is 1.30. The van der Waals surface area contributed by atoms with Crippen molar-refractivity contribution in [2.24, 2.45) is 5.92 Å². The van der Waals surface area contributed by atoms with Gasteiger partial charge in [0.2, 0.25) is 5.91 Å². The second-order valence-electron chi connectivity index (χ2n) is 9.13. The van der Waals surface area contributed by atoms with Crippen molar-refractivity contribution in [3.8, 4) is 11.1 Å². The summed E-state index contributed by atoms with van der Waals surface area (Å²) in [7, 11) is 0. The zero-order valence-corrected chi connectivity index (χ0v) is 19.5. The van der Waals surface area contributed by atoms with Crippen molar-refractivity contribution in [1.82, 2.24) is 10.2 Å². The van der Waals surface area contributed by atoms with E-state index in [1.807, 2.05) is 31.2 Å². The monoisotopic (exact) mass is 464 g/mol. The highest BCUT2D eigenvalue weighted by molar-refractivity contribution is 5.86. The fraction of sp³-hybridized carbons (Fsp3) is 0.444. The van der Waals surface area contributed by atoms with E-state index in [0.29, 0.717) is 31.8 Å². The molecule has 2 aromatic carbocycles. The summed E-state index contributed by atoms with van der Waals surface area (Å²) in [4.78, 5) is 38.2. The number of aliphatic carboxylic acids is 1. The van der Waals surface area contributed by atoms with Gasteiger partial charge >= 0.3 is 12.1 Å². The molecular formula is C27H32N2O5. The fourth-order valence-corrected chi connectivity index (χ4v) is 5.11. The van der Waals surface area contributed by atoms with Gasteiger partial charge < -0.3 is 20.1 Å². The minimum Gasteiger partial charge on any atom is -0.481 e. The number of amides is 2. The average molecular weight is 465 g/mol. The van der Waals surface area contributed by atoms with E-state index in [1.165, 1.54) is 11.1 Å². The summed E-state index contributed by atoms with van der Waals surface area (Å²) < 4.78 is 5.60. The molecule has 0 spiro atoms. The Labute approximate surface area is 200 Å². The van der Waals surface area contributed by atoms with Crippen LogP contribution in [-0.2, 0) is 14.3 Å². The van der Waals surface area contributed by atoms with Crippen molar-refractivity contribution < 1.29 is 24.2 Å². The smallest absolute Gasteiger partial charge is 0.407 e. The molecule has 1 saturated heterocycles. The van der Waals surface area contributed by atoms with Crippen LogP contribution in [0.1, 0.15) is 56.1 Å². The summed E-state index contributed by atoms with van der Waals surface area (Å²) in [6.07, 6.45) is 2.29. The molecule has 1 atom stereocenters. The van der Waals surface area contributed by atoms with Crippen LogP contribution >= 0.6 is 0 Å². The molecule has 1 aliphatic heterocycles. The van der Waals surface area contributed by atoms with Gasteiger partial charge in [-0.1, -0.05) is 55.5 Å². The van der Waals surface area contributed by atoms with E-state index in [-0.39, 0.29) is 24.9 Å². The quantitative estimate of drug-likeness (QED) is 0.603. The van der Waals surface area contributed by atoms with Crippen LogP contribution in [-0.4, -0.2) is 53.7 Å². The number of likely N-dealkylation sites (tertiary alicyclic amines) is 1. The number of nitrogens with zero attached hydrogens (tertiary/aromatic N) is 1. The Morgan fingerprint density at radius 2 is 1.62 bits per heavy atom. The van der Waals surface area contributed by atoms with Gasteiger partial charge in [-0.15, -0.1) is 0 Å². The molecule has 1 fully saturated rings. The van der Waals surface area contributed by atoms with Gasteiger partial charge in [-0.2, -0.15) is 0 Å². The van der Waals surface area contributed by atoms with E-state index in [2.05, 4.69) is 29.6 Å². The third-order valence-electron chi connectivity index (χ3n) is 7.03. The number of carbonyl (C=O) groups excluding carboxylic acids is 2. The Morgan fingerprint density at radius 3 is 2.18 bits per heavy atom. The molecule has 0 radical (unpaired) electrons. The lowest BCUT2D eigenvalue weighted by Gasteiger charge is -2.34. The van der Waals surface area contributed by atoms with E-state index in [9.17, 15) is 14.4 Å². The lowest BCUT2D eigenvalue weighted by Crippen LogP contribution is -2.50. The maximum absolute atomic E-state index is 13.0. The molecule has 7 heteroatoms. The van der Waals surface area contributed by atoms with E-state index in [1.54, 1.807) is 4.90 Å². The number of carboxylic acids is 1. The summed E-state index contributed by atoms with van der Waals surface area (Å²) in [6, 6.07) is 15.7. The van der Waals surface area contributed by atoms with Crippen molar-refractivity contribution >= 4 is 18.0 Å². The normalized spacial score (nSPS) is 16.4. The molecule has 180 valence electrons. The van der Waals surface area contributed by atoms with E-state index in [0.717, 1.165) is 24.0 Å². The van der Waals surface area contributed by atoms with Crippen molar-refractivity contribution in [2.75, 3.05) is 19.7 Å². The number of fused-ring (bicyclic) bond motifs is 3. The number of piperidine rings is 1. The Hall–Kier alpha value is -3.35. The largest absolute Gasteiger partial charge is 0.481 e. The third kappa shape index (κ3) is 5.24. The number of carboxylic acid groups (broad SMARTS) is 1. The second-order valence-corrected chi connectivity index (χ2v) is 9.13. The molecule has 0 unspecified atom stereocenters. The number of carbonyl (C=O) groups is 3. The summed E-state index contributed by atoms with van der Waals surface area (Å²) in [6.45, 7) is 3.25. The first kappa shape index (κ1) is 23.8. The average Bonchev–Trinajstić information content (AvgIpc) is 3.18. The molecule has 0 saturated carbocycles. The van der Waals surface area contributed by atoms with Gasteiger partial charge in [-0.25, -0.2) is 4.79 Å². The lowest BCUT2D eigenvalue weighted by molar-refractivity contribution is -0.138. The summed E-state index contributed by atoms with van der Waals surface area (Å²) in [5.74, 6) is -0.585. The Kier molecular flexibility index (Phi) is 7.50. The number of ether oxygens (including phenoxy) is 1. The first-order valence-corrected chi connectivity index (χ1v) is 12.1. The van der Waals surface area contributed by atoms with E-state index >= 15 is 0 Å². The topological polar surface area (TPSA) is 95.9 Å². The zero-order valence-electron chi connectivity index (χ0n) is 19.5. The third-order valence-corrected chi connectivity index (χ3v) is 7.03. The van der Waals surface area contributed by atoms with Crippen molar-refractivity contribution in [1.29, 1.82) is 0 Å². The first-order chi connectivity index (χ1) is 16.5. The van der Waals surface area contributed by atoms with Crippen LogP contribution in [0.4, 0.5) is 4.79 Å². The van der Waals surface area contributed by atoms with Gasteiger partial charge in [0.25, 0.3) is 0 Å². The molecule has 2 amide bonds. The van der Waals surface area contributed by atoms with Crippen LogP contribution in [0, 0.1) is 5.92 Å². The zero-order chi connectivity index (χ0) is 24.1. The van der Waals surface area contributed by atoms with Crippen LogP contribution in [0.3, 0.4) is 0 Å². The van der Waals surface area contributed by atoms with Crippen LogP contribution in [0.5, 0.6) is 0 Å². The Bertz CT molecular complexity index is 999. The van der Waals surface area contributed by atoms with Crippen molar-refractivity contribution in [2.45, 2.75) is 51.0 Å². The summed E-state index contributed by atoms with van der Waals surface area (Å²) >= 11 is 0. The molecule has 0 aromatic heterocycles. The molecule has 2 N–H and O–H groups in total. The van der Waals surface area contributed by atoms with Crippen LogP contribution in [0.2, 0.25) is 0 Å². The number of alkyl carbamates (subject to hydrolysis) is 1. The number of hydrogen-bond acceptors (Lipinski definition) is 4. The second kappa shape index (κ2) is 10.7. The molecule has 1 aliphatic carbocycles. The number of nitrogens with one attached hydrogen (secondary N) is 1. The molecule has 7 nitrogen and oxygen atoms in total. The Morgan fingerprint density at radius 1 is 1.03 bits per heavy atom. The molecule has 1 heterocycles. The predicted molar refractivity (Wildman–Crippen MR) is 128 cm³/mol. The van der Waals surface area contributed by atoms with Gasteiger partial charge in [0.1, 0.15) is 12.6 Å².